The first-order valence-electron chi connectivity index (χ1n) is 8.29. The minimum atomic E-state index is -0.735. The van der Waals surface area contributed by atoms with Crippen molar-refractivity contribution in [2.45, 2.75) is 25.0 Å². The van der Waals surface area contributed by atoms with Crippen LogP contribution in [0, 0.1) is 0 Å². The number of rotatable bonds is 9. The molecule has 0 saturated carbocycles. The van der Waals surface area contributed by atoms with Crippen molar-refractivity contribution in [2.75, 3.05) is 23.9 Å². The van der Waals surface area contributed by atoms with Crippen molar-refractivity contribution >= 4 is 55.1 Å². The van der Waals surface area contributed by atoms with Gasteiger partial charge in [-0.25, -0.2) is 0 Å². The molecule has 2 nitrogen and oxygen atoms in total. The number of halogens is 4. The third-order valence-corrected chi connectivity index (χ3v) is 5.79. The van der Waals surface area contributed by atoms with Crippen molar-refractivity contribution in [3.63, 3.8) is 0 Å². The van der Waals surface area contributed by atoms with E-state index in [1.807, 2.05) is 48.5 Å². The molecule has 0 aliphatic heterocycles. The maximum absolute atomic E-state index is 6.39. The van der Waals surface area contributed by atoms with Crippen LogP contribution in [-0.4, -0.2) is 23.9 Å². The molecule has 142 valence electrons. The average molecular weight is 525 g/mol. The van der Waals surface area contributed by atoms with Crippen molar-refractivity contribution in [3.05, 3.63) is 69.7 Å². The Kier molecular flexibility index (Phi) is 8.45. The molecule has 0 aliphatic carbocycles. The third-order valence-electron chi connectivity index (χ3n) is 4.64. The minimum Gasteiger partial charge on any atom is -0.366 e. The number of ether oxygens (including phenoxy) is 2. The zero-order valence-corrected chi connectivity index (χ0v) is 19.5. The molecule has 0 amide bonds. The highest BCUT2D eigenvalue weighted by atomic mass is 79.9. The fourth-order valence-corrected chi connectivity index (χ4v) is 3.59. The molecule has 0 aromatic heterocycles. The first kappa shape index (κ1) is 22.2. The van der Waals surface area contributed by atoms with Gasteiger partial charge in [0.25, 0.3) is 0 Å². The predicted molar refractivity (Wildman–Crippen MR) is 117 cm³/mol. The highest BCUT2D eigenvalue weighted by Crippen LogP contribution is 2.46. The highest BCUT2D eigenvalue weighted by Gasteiger charge is 2.49. The Bertz CT molecular complexity index is 632. The summed E-state index contributed by atoms with van der Waals surface area (Å²) in [7, 11) is 0. The van der Waals surface area contributed by atoms with E-state index in [1.54, 1.807) is 0 Å². The summed E-state index contributed by atoms with van der Waals surface area (Å²) in [6.45, 7) is 5.20. The summed E-state index contributed by atoms with van der Waals surface area (Å²) in [5.74, 6) is 0. The average Bonchev–Trinajstić information content (AvgIpc) is 2.65. The molecule has 2 atom stereocenters. The van der Waals surface area contributed by atoms with Gasteiger partial charge < -0.3 is 9.47 Å². The Hall–Kier alpha value is -0.100. The van der Waals surface area contributed by atoms with E-state index >= 15 is 0 Å². The molecule has 26 heavy (non-hydrogen) atoms. The molecule has 0 bridgehead atoms. The summed E-state index contributed by atoms with van der Waals surface area (Å²) in [5, 5.41) is 2.83. The van der Waals surface area contributed by atoms with E-state index in [-0.39, 0.29) is 0 Å². The van der Waals surface area contributed by atoms with E-state index in [4.69, 9.17) is 32.7 Å². The van der Waals surface area contributed by atoms with Gasteiger partial charge in [-0.15, -0.1) is 0 Å². The Balaban J connectivity index is 2.60. The first-order valence-corrected chi connectivity index (χ1v) is 11.3. The van der Waals surface area contributed by atoms with Gasteiger partial charge in [0.15, 0.2) is 0 Å². The summed E-state index contributed by atoms with van der Waals surface area (Å²) in [5.41, 5.74) is 0.521. The van der Waals surface area contributed by atoms with E-state index in [1.165, 1.54) is 0 Å². The van der Waals surface area contributed by atoms with Crippen molar-refractivity contribution in [3.8, 4) is 0 Å². The summed E-state index contributed by atoms with van der Waals surface area (Å²) in [4.78, 5) is 0. The van der Waals surface area contributed by atoms with E-state index in [0.29, 0.717) is 23.3 Å². The Morgan fingerprint density at radius 1 is 0.692 bits per heavy atom. The topological polar surface area (TPSA) is 18.5 Å². The van der Waals surface area contributed by atoms with E-state index in [2.05, 4.69) is 45.7 Å². The van der Waals surface area contributed by atoms with Crippen LogP contribution in [0.25, 0.3) is 0 Å². The molecule has 0 saturated heterocycles. The maximum atomic E-state index is 6.39. The molecule has 0 radical (unpaired) electrons. The number of hydrogen-bond donors (Lipinski definition) is 0. The SMILES string of the molecule is CC(OCCBr)(c1ccc(Cl)cc1)C(C)(OCCBr)c1ccc(Cl)cc1. The molecule has 0 N–H and O–H groups in total. The molecule has 2 rings (SSSR count). The minimum absolute atomic E-state index is 0.542. The second-order valence-corrected chi connectivity index (χ2v) is 8.61. The molecule has 2 unspecified atom stereocenters. The zero-order valence-electron chi connectivity index (χ0n) is 14.8. The summed E-state index contributed by atoms with van der Waals surface area (Å²) >= 11 is 19.1. The Labute approximate surface area is 182 Å². The van der Waals surface area contributed by atoms with E-state index in [0.717, 1.165) is 21.8 Å². The van der Waals surface area contributed by atoms with Gasteiger partial charge in [0.05, 0.1) is 13.2 Å². The molecule has 0 aliphatic rings. The monoisotopic (exact) mass is 522 g/mol. The fraction of sp³-hybridized carbons (Fsp3) is 0.400. The van der Waals surface area contributed by atoms with Crippen LogP contribution >= 0.6 is 55.1 Å². The second-order valence-electron chi connectivity index (χ2n) is 6.16. The van der Waals surface area contributed by atoms with Crippen LogP contribution in [0.3, 0.4) is 0 Å². The predicted octanol–water partition coefficient (Wildman–Crippen LogP) is 6.95. The highest BCUT2D eigenvalue weighted by molar-refractivity contribution is 9.09. The van der Waals surface area contributed by atoms with Crippen molar-refractivity contribution in [2.24, 2.45) is 0 Å². The lowest BCUT2D eigenvalue weighted by Crippen LogP contribution is -2.49. The van der Waals surface area contributed by atoms with E-state index in [9.17, 15) is 0 Å². The van der Waals surface area contributed by atoms with Gasteiger partial charge in [0.2, 0.25) is 0 Å². The zero-order chi connectivity index (χ0) is 19.2. The molecule has 0 spiro atoms. The van der Waals surface area contributed by atoms with Crippen molar-refractivity contribution < 1.29 is 9.47 Å². The molecule has 0 fully saturated rings. The maximum Gasteiger partial charge on any atom is 0.123 e. The molecule has 2 aromatic rings. The molecule has 0 heterocycles. The number of benzene rings is 2. The van der Waals surface area contributed by atoms with Crippen molar-refractivity contribution in [1.82, 2.24) is 0 Å². The quantitative estimate of drug-likeness (QED) is 0.330. The second kappa shape index (κ2) is 9.90. The normalized spacial score (nSPS) is 16.1. The van der Waals surface area contributed by atoms with Gasteiger partial charge in [-0.1, -0.05) is 79.3 Å². The van der Waals surface area contributed by atoms with Crippen LogP contribution in [0.4, 0.5) is 0 Å². The number of alkyl halides is 2. The smallest absolute Gasteiger partial charge is 0.123 e. The van der Waals surface area contributed by atoms with Crippen LogP contribution in [0.2, 0.25) is 10.0 Å². The summed E-state index contributed by atoms with van der Waals surface area (Å²) < 4.78 is 12.8. The molecular weight excluding hydrogens is 503 g/mol. The molecular formula is C20H22Br2Cl2O2. The van der Waals surface area contributed by atoms with Gasteiger partial charge >= 0.3 is 0 Å². The summed E-state index contributed by atoms with van der Waals surface area (Å²) in [6.07, 6.45) is 0. The first-order chi connectivity index (χ1) is 12.4. The fourth-order valence-electron chi connectivity index (χ4n) is 3.01. The lowest BCUT2D eigenvalue weighted by molar-refractivity contribution is -0.201. The lowest BCUT2D eigenvalue weighted by Gasteiger charge is -2.46. The van der Waals surface area contributed by atoms with Gasteiger partial charge in [-0.3, -0.25) is 0 Å². The lowest BCUT2D eigenvalue weighted by atomic mass is 9.75. The van der Waals surface area contributed by atoms with Gasteiger partial charge in [0, 0.05) is 20.7 Å². The number of hydrogen-bond acceptors (Lipinski definition) is 2. The third kappa shape index (κ3) is 4.84. The van der Waals surface area contributed by atoms with Crippen LogP contribution < -0.4 is 0 Å². The Morgan fingerprint density at radius 2 is 1.00 bits per heavy atom. The molecule has 6 heteroatoms. The molecule has 2 aromatic carbocycles. The largest absolute Gasteiger partial charge is 0.366 e. The van der Waals surface area contributed by atoms with E-state index < -0.39 is 11.2 Å². The van der Waals surface area contributed by atoms with Crippen LogP contribution in [0.1, 0.15) is 25.0 Å². The Morgan fingerprint density at radius 3 is 1.27 bits per heavy atom. The van der Waals surface area contributed by atoms with Crippen LogP contribution in [-0.2, 0) is 20.7 Å². The standard InChI is InChI=1S/C20H22Br2Cl2O2/c1-19(25-13-11-21,15-3-7-17(23)8-4-15)20(2,26-14-12-22)16-5-9-18(24)10-6-16/h3-10H,11-14H2,1-2H3. The van der Waals surface area contributed by atoms with Gasteiger partial charge in [-0.05, 0) is 49.2 Å². The van der Waals surface area contributed by atoms with Crippen LogP contribution in [0.5, 0.6) is 0 Å². The summed E-state index contributed by atoms with van der Waals surface area (Å²) in [6, 6.07) is 15.5. The van der Waals surface area contributed by atoms with Crippen LogP contribution in [0.15, 0.2) is 48.5 Å². The van der Waals surface area contributed by atoms with Gasteiger partial charge in [-0.2, -0.15) is 0 Å². The van der Waals surface area contributed by atoms with Crippen molar-refractivity contribution in [1.29, 1.82) is 0 Å². The van der Waals surface area contributed by atoms with Gasteiger partial charge in [0.1, 0.15) is 11.2 Å².